The van der Waals surface area contributed by atoms with Gasteiger partial charge in [-0.2, -0.15) is 10.2 Å². The molecule has 2 rings (SSSR count). The fourth-order valence-electron chi connectivity index (χ4n) is 1.02. The van der Waals surface area contributed by atoms with Crippen LogP contribution in [0.5, 0.6) is 5.88 Å². The van der Waals surface area contributed by atoms with Crippen LogP contribution in [-0.4, -0.2) is 27.1 Å². The second-order valence-electron chi connectivity index (χ2n) is 2.50. The van der Waals surface area contributed by atoms with Crippen molar-refractivity contribution >= 4 is 0 Å². The van der Waals surface area contributed by atoms with Gasteiger partial charge >= 0.3 is 0 Å². The van der Waals surface area contributed by atoms with Gasteiger partial charge < -0.3 is 4.74 Å². The molecule has 0 aliphatic carbocycles. The minimum atomic E-state index is -0.540. The Balaban J connectivity index is 2.43. The lowest BCUT2D eigenvalue weighted by molar-refractivity contribution is 0.368. The van der Waals surface area contributed by atoms with Crippen molar-refractivity contribution < 1.29 is 9.13 Å². The van der Waals surface area contributed by atoms with Gasteiger partial charge in [-0.3, -0.25) is 0 Å². The highest BCUT2D eigenvalue weighted by Gasteiger charge is 2.06. The Morgan fingerprint density at radius 3 is 2.64 bits per heavy atom. The van der Waals surface area contributed by atoms with E-state index in [1.807, 2.05) is 0 Å². The van der Waals surface area contributed by atoms with Crippen LogP contribution in [-0.2, 0) is 0 Å². The second kappa shape index (κ2) is 3.41. The number of aromatic nitrogens is 4. The summed E-state index contributed by atoms with van der Waals surface area (Å²) in [4.78, 5) is 5.03. The van der Waals surface area contributed by atoms with Crippen molar-refractivity contribution in [3.05, 3.63) is 30.5 Å². The summed E-state index contributed by atoms with van der Waals surface area (Å²) in [6.07, 6.45) is 4.44. The van der Waals surface area contributed by atoms with E-state index in [-0.39, 0.29) is 5.88 Å². The Hall–Kier alpha value is -1.98. The van der Waals surface area contributed by atoms with Crippen LogP contribution in [0, 0.1) is 5.82 Å². The van der Waals surface area contributed by atoms with Gasteiger partial charge in [0.2, 0.25) is 5.88 Å². The first-order valence-electron chi connectivity index (χ1n) is 3.87. The van der Waals surface area contributed by atoms with Crippen molar-refractivity contribution in [2.24, 2.45) is 0 Å². The summed E-state index contributed by atoms with van der Waals surface area (Å²) in [6.45, 7) is 0. The molecule has 72 valence electrons. The zero-order valence-electron chi connectivity index (χ0n) is 7.38. The summed E-state index contributed by atoms with van der Waals surface area (Å²) in [5.74, 6) is -0.580. The molecule has 0 saturated heterocycles. The fourth-order valence-corrected chi connectivity index (χ4v) is 1.02. The third-order valence-electron chi connectivity index (χ3n) is 1.64. The number of nitrogens with zero attached hydrogens (tertiary/aromatic N) is 4. The number of methoxy groups -OCH3 is 1. The van der Waals surface area contributed by atoms with Gasteiger partial charge in [-0.15, -0.1) is 4.80 Å². The minimum Gasteiger partial charge on any atom is -0.479 e. The van der Waals surface area contributed by atoms with Crippen LogP contribution in [0.4, 0.5) is 4.39 Å². The second-order valence-corrected chi connectivity index (χ2v) is 2.50. The zero-order valence-corrected chi connectivity index (χ0v) is 7.38. The third kappa shape index (κ3) is 1.41. The van der Waals surface area contributed by atoms with Crippen LogP contribution in [0.25, 0.3) is 5.69 Å². The Morgan fingerprint density at radius 1 is 1.36 bits per heavy atom. The van der Waals surface area contributed by atoms with Crippen LogP contribution in [0.1, 0.15) is 0 Å². The molecule has 0 N–H and O–H groups in total. The van der Waals surface area contributed by atoms with E-state index in [2.05, 4.69) is 19.9 Å². The van der Waals surface area contributed by atoms with Gasteiger partial charge in [0.15, 0.2) is 5.82 Å². The normalized spacial score (nSPS) is 10.1. The molecule has 0 unspecified atom stereocenters. The zero-order chi connectivity index (χ0) is 9.97. The lowest BCUT2D eigenvalue weighted by Gasteiger charge is -2.02. The molecule has 2 aromatic heterocycles. The quantitative estimate of drug-likeness (QED) is 0.709. The molecule has 2 aromatic rings. The first-order valence-corrected chi connectivity index (χ1v) is 3.87. The van der Waals surface area contributed by atoms with E-state index in [1.165, 1.54) is 36.6 Å². The van der Waals surface area contributed by atoms with Crippen molar-refractivity contribution in [2.75, 3.05) is 7.11 Å². The monoisotopic (exact) mass is 194 g/mol. The predicted molar refractivity (Wildman–Crippen MR) is 45.7 cm³/mol. The fraction of sp³-hybridized carbons (Fsp3) is 0.125. The van der Waals surface area contributed by atoms with Gasteiger partial charge in [0.25, 0.3) is 0 Å². The van der Waals surface area contributed by atoms with Crippen molar-refractivity contribution in [2.45, 2.75) is 0 Å². The lowest BCUT2D eigenvalue weighted by Crippen LogP contribution is -2.01. The molecule has 0 spiro atoms. The van der Waals surface area contributed by atoms with E-state index in [1.54, 1.807) is 0 Å². The van der Waals surface area contributed by atoms with Crippen LogP contribution < -0.4 is 4.74 Å². The molecule has 0 atom stereocenters. The summed E-state index contributed by atoms with van der Waals surface area (Å²) in [5, 5.41) is 7.68. The standard InChI is InChI=1S/C8H7FN4O/c1-14-8-7(9)4-6(5-10-8)13-11-2-3-12-13/h2-5H,1H3. The van der Waals surface area contributed by atoms with Crippen LogP contribution in [0.15, 0.2) is 24.7 Å². The van der Waals surface area contributed by atoms with Gasteiger partial charge in [-0.05, 0) is 0 Å². The molecule has 0 saturated carbocycles. The van der Waals surface area contributed by atoms with Crippen LogP contribution >= 0.6 is 0 Å². The molecule has 2 heterocycles. The number of hydrogen-bond acceptors (Lipinski definition) is 4. The lowest BCUT2D eigenvalue weighted by atomic mass is 10.4. The van der Waals surface area contributed by atoms with E-state index in [9.17, 15) is 4.39 Å². The Labute approximate surface area is 79.1 Å². The van der Waals surface area contributed by atoms with Crippen LogP contribution in [0.3, 0.4) is 0 Å². The minimum absolute atomic E-state index is 0.0408. The molecule has 0 bridgehead atoms. The molecular weight excluding hydrogens is 187 g/mol. The van der Waals surface area contributed by atoms with Gasteiger partial charge in [-0.1, -0.05) is 0 Å². The Morgan fingerprint density at radius 2 is 2.07 bits per heavy atom. The summed E-state index contributed by atoms with van der Waals surface area (Å²) in [5.41, 5.74) is 0.452. The van der Waals surface area contributed by atoms with E-state index < -0.39 is 5.82 Å². The van der Waals surface area contributed by atoms with Gasteiger partial charge in [0.1, 0.15) is 5.69 Å². The Bertz CT molecular complexity index is 429. The molecule has 0 amide bonds. The van der Waals surface area contributed by atoms with Crippen molar-refractivity contribution in [1.29, 1.82) is 0 Å². The van der Waals surface area contributed by atoms with E-state index in [4.69, 9.17) is 0 Å². The maximum Gasteiger partial charge on any atom is 0.250 e. The molecule has 0 aliphatic heterocycles. The molecule has 5 nitrogen and oxygen atoms in total. The average molecular weight is 194 g/mol. The molecule has 6 heteroatoms. The highest BCUT2D eigenvalue weighted by atomic mass is 19.1. The highest BCUT2D eigenvalue weighted by molar-refractivity contribution is 5.30. The van der Waals surface area contributed by atoms with Crippen molar-refractivity contribution in [1.82, 2.24) is 20.0 Å². The summed E-state index contributed by atoms with van der Waals surface area (Å²) in [6, 6.07) is 1.26. The summed E-state index contributed by atoms with van der Waals surface area (Å²) in [7, 11) is 1.36. The first kappa shape index (κ1) is 8.61. The van der Waals surface area contributed by atoms with Gasteiger partial charge in [0.05, 0.1) is 25.7 Å². The Kier molecular flexibility index (Phi) is 2.10. The summed E-state index contributed by atoms with van der Waals surface area (Å²) >= 11 is 0. The van der Waals surface area contributed by atoms with E-state index in [0.717, 1.165) is 0 Å². The number of halogens is 1. The highest BCUT2D eigenvalue weighted by Crippen LogP contribution is 2.15. The maximum absolute atomic E-state index is 13.2. The number of ether oxygens (including phenoxy) is 1. The largest absolute Gasteiger partial charge is 0.479 e. The smallest absolute Gasteiger partial charge is 0.250 e. The van der Waals surface area contributed by atoms with Gasteiger partial charge in [-0.25, -0.2) is 9.37 Å². The predicted octanol–water partition coefficient (Wildman–Crippen LogP) is 0.810. The topological polar surface area (TPSA) is 52.8 Å². The molecule has 0 aliphatic rings. The molecule has 14 heavy (non-hydrogen) atoms. The average Bonchev–Trinajstić information content (AvgIpc) is 2.70. The first-order chi connectivity index (χ1) is 6.81. The number of hydrogen-bond donors (Lipinski definition) is 0. The van der Waals surface area contributed by atoms with E-state index in [0.29, 0.717) is 5.69 Å². The molecule has 0 aromatic carbocycles. The SMILES string of the molecule is COc1ncc(-n2nccn2)cc1F. The summed E-state index contributed by atoms with van der Waals surface area (Å²) < 4.78 is 17.9. The maximum atomic E-state index is 13.2. The number of pyridine rings is 1. The number of rotatable bonds is 2. The van der Waals surface area contributed by atoms with Gasteiger partial charge in [0, 0.05) is 6.07 Å². The van der Waals surface area contributed by atoms with Crippen LogP contribution in [0.2, 0.25) is 0 Å². The van der Waals surface area contributed by atoms with E-state index >= 15 is 0 Å². The molecule has 0 fully saturated rings. The molecule has 0 radical (unpaired) electrons. The van der Waals surface area contributed by atoms with Crippen molar-refractivity contribution in [3.63, 3.8) is 0 Å². The van der Waals surface area contributed by atoms with Crippen molar-refractivity contribution in [3.8, 4) is 11.6 Å². The third-order valence-corrected chi connectivity index (χ3v) is 1.64. The molecular formula is C8H7FN4O.